The highest BCUT2D eigenvalue weighted by atomic mass is 79.9. The van der Waals surface area contributed by atoms with Crippen LogP contribution in [-0.4, -0.2) is 24.3 Å². The van der Waals surface area contributed by atoms with Crippen LogP contribution < -0.4 is 24.4 Å². The zero-order valence-electron chi connectivity index (χ0n) is 24.9. The number of carbonyl (C=O) groups is 1. The van der Waals surface area contributed by atoms with Crippen molar-refractivity contribution in [2.24, 2.45) is 4.99 Å². The topological polar surface area (TPSA) is 79.1 Å². The number of aromatic nitrogens is 1. The molecule has 0 saturated carbocycles. The predicted octanol–water partition coefficient (Wildman–Crippen LogP) is 6.94. The Hall–Kier alpha value is -4.44. The van der Waals surface area contributed by atoms with E-state index in [9.17, 15) is 9.59 Å². The summed E-state index contributed by atoms with van der Waals surface area (Å²) in [6.45, 7) is 2.29. The van der Waals surface area contributed by atoms with Crippen LogP contribution in [0.2, 0.25) is 5.02 Å². The van der Waals surface area contributed by atoms with Crippen LogP contribution in [0.4, 0.5) is 0 Å². The van der Waals surface area contributed by atoms with Gasteiger partial charge in [0.1, 0.15) is 18.1 Å². The van der Waals surface area contributed by atoms with E-state index in [2.05, 4.69) is 15.9 Å². The minimum absolute atomic E-state index is 0.178. The first-order chi connectivity index (χ1) is 22.4. The van der Waals surface area contributed by atoms with Gasteiger partial charge in [-0.1, -0.05) is 83.6 Å². The van der Waals surface area contributed by atoms with Gasteiger partial charge in [-0.2, -0.15) is 0 Å². The summed E-state index contributed by atoms with van der Waals surface area (Å²) in [6.07, 6.45) is 1.82. The third kappa shape index (κ3) is 6.58. The van der Waals surface area contributed by atoms with Crippen LogP contribution >= 0.6 is 38.9 Å². The molecular weight excluding hydrogens is 688 g/mol. The summed E-state index contributed by atoms with van der Waals surface area (Å²) < 4.78 is 19.7. The van der Waals surface area contributed by atoms with Crippen molar-refractivity contribution in [3.8, 4) is 11.5 Å². The maximum absolute atomic E-state index is 14.2. The second-order valence-electron chi connectivity index (χ2n) is 10.3. The Labute approximate surface area is 282 Å². The summed E-state index contributed by atoms with van der Waals surface area (Å²) in [5.74, 6) is 0.786. The summed E-state index contributed by atoms with van der Waals surface area (Å²) >= 11 is 11.0. The van der Waals surface area contributed by atoms with Gasteiger partial charge in [0.2, 0.25) is 0 Å². The number of halogens is 2. The molecule has 1 aliphatic rings. The van der Waals surface area contributed by atoms with Gasteiger partial charge in [0.05, 0.1) is 40.0 Å². The van der Waals surface area contributed by atoms with E-state index in [-0.39, 0.29) is 12.2 Å². The van der Waals surface area contributed by atoms with E-state index in [4.69, 9.17) is 30.8 Å². The Bertz CT molecular complexity index is 2120. The molecule has 0 spiro atoms. The van der Waals surface area contributed by atoms with Crippen LogP contribution in [0.15, 0.2) is 117 Å². The quantitative estimate of drug-likeness (QED) is 0.155. The van der Waals surface area contributed by atoms with Crippen molar-refractivity contribution in [1.82, 2.24) is 4.57 Å². The van der Waals surface area contributed by atoms with Crippen molar-refractivity contribution in [2.75, 3.05) is 13.7 Å². The van der Waals surface area contributed by atoms with E-state index in [1.807, 2.05) is 103 Å². The monoisotopic (exact) mass is 714 g/mol. The first-order valence-corrected chi connectivity index (χ1v) is 16.4. The number of hydrogen-bond donors (Lipinski definition) is 0. The number of carbonyl (C=O) groups excluding carboxylic acids is 1. The molecule has 4 aromatic carbocycles. The van der Waals surface area contributed by atoms with Crippen molar-refractivity contribution < 1.29 is 19.0 Å². The number of thiazole rings is 1. The molecule has 1 atom stereocenters. The number of rotatable bonds is 9. The molecule has 1 aliphatic heterocycles. The molecule has 7 nitrogen and oxygen atoms in total. The summed E-state index contributed by atoms with van der Waals surface area (Å²) in [5.41, 5.74) is 3.71. The molecule has 0 aliphatic carbocycles. The van der Waals surface area contributed by atoms with Crippen LogP contribution in [0, 0.1) is 0 Å². The third-order valence-electron chi connectivity index (χ3n) is 7.34. The average Bonchev–Trinajstić information content (AvgIpc) is 3.38. The molecule has 0 saturated heterocycles. The molecule has 1 aromatic heterocycles. The van der Waals surface area contributed by atoms with Crippen LogP contribution in [0.25, 0.3) is 11.8 Å². The fourth-order valence-electron chi connectivity index (χ4n) is 5.21. The Morgan fingerprint density at radius 2 is 1.80 bits per heavy atom. The molecular formula is C36H28BrClN2O5S. The van der Waals surface area contributed by atoms with Gasteiger partial charge in [0.25, 0.3) is 5.56 Å². The number of fused-ring (bicyclic) bond motifs is 1. The van der Waals surface area contributed by atoms with E-state index >= 15 is 0 Å². The van der Waals surface area contributed by atoms with E-state index in [1.165, 1.54) is 11.3 Å². The molecule has 0 N–H and O–H groups in total. The fraction of sp³-hybridized carbons (Fsp3) is 0.139. The first kappa shape index (κ1) is 31.5. The van der Waals surface area contributed by atoms with Gasteiger partial charge in [-0.15, -0.1) is 0 Å². The predicted molar refractivity (Wildman–Crippen MR) is 184 cm³/mol. The molecule has 0 unspecified atom stereocenters. The van der Waals surface area contributed by atoms with Crippen LogP contribution in [0.1, 0.15) is 35.2 Å². The van der Waals surface area contributed by atoms with Crippen LogP contribution in [0.3, 0.4) is 0 Å². The molecule has 5 aromatic rings. The van der Waals surface area contributed by atoms with E-state index in [0.29, 0.717) is 43.7 Å². The van der Waals surface area contributed by atoms with Crippen LogP contribution in [-0.2, 0) is 16.1 Å². The minimum Gasteiger partial charge on any atom is -0.497 e. The third-order valence-corrected chi connectivity index (χ3v) is 9.18. The largest absolute Gasteiger partial charge is 0.497 e. The first-order valence-electron chi connectivity index (χ1n) is 14.5. The maximum atomic E-state index is 14.2. The van der Waals surface area contributed by atoms with Crippen molar-refractivity contribution >= 4 is 56.6 Å². The highest BCUT2D eigenvalue weighted by Gasteiger charge is 2.35. The van der Waals surface area contributed by atoms with Gasteiger partial charge in [0.15, 0.2) is 4.80 Å². The number of benzene rings is 4. The maximum Gasteiger partial charge on any atom is 0.338 e. The lowest BCUT2D eigenvalue weighted by Crippen LogP contribution is -2.40. The number of esters is 1. The van der Waals surface area contributed by atoms with Gasteiger partial charge in [-0.05, 0) is 82.0 Å². The molecule has 46 heavy (non-hydrogen) atoms. The van der Waals surface area contributed by atoms with Gasteiger partial charge in [0, 0.05) is 10.6 Å². The van der Waals surface area contributed by atoms with Crippen molar-refractivity contribution in [3.05, 3.63) is 154 Å². The average molecular weight is 716 g/mol. The Kier molecular flexibility index (Phi) is 9.53. The lowest BCUT2D eigenvalue weighted by Gasteiger charge is -2.26. The molecule has 2 heterocycles. The number of hydrogen-bond acceptors (Lipinski definition) is 7. The van der Waals surface area contributed by atoms with Gasteiger partial charge < -0.3 is 14.2 Å². The summed E-state index contributed by atoms with van der Waals surface area (Å²) in [5, 5.41) is 0.650. The Morgan fingerprint density at radius 1 is 1.02 bits per heavy atom. The molecule has 232 valence electrons. The van der Waals surface area contributed by atoms with E-state index in [1.54, 1.807) is 18.6 Å². The van der Waals surface area contributed by atoms with Crippen molar-refractivity contribution in [2.45, 2.75) is 19.6 Å². The number of methoxy groups -OCH3 is 1. The summed E-state index contributed by atoms with van der Waals surface area (Å²) in [4.78, 5) is 33.2. The highest BCUT2D eigenvalue weighted by Crippen LogP contribution is 2.36. The smallest absolute Gasteiger partial charge is 0.338 e. The lowest BCUT2D eigenvalue weighted by atomic mass is 9.93. The zero-order chi connectivity index (χ0) is 32.2. The molecule has 0 radical (unpaired) electrons. The highest BCUT2D eigenvalue weighted by molar-refractivity contribution is 9.10. The van der Waals surface area contributed by atoms with Crippen molar-refractivity contribution in [3.63, 3.8) is 0 Å². The van der Waals surface area contributed by atoms with Crippen LogP contribution in [0.5, 0.6) is 11.5 Å². The zero-order valence-corrected chi connectivity index (χ0v) is 28.1. The molecule has 0 amide bonds. The second-order valence-corrected chi connectivity index (χ2v) is 12.6. The second kappa shape index (κ2) is 13.9. The molecule has 10 heteroatoms. The standard InChI is InChI=1S/C36H28BrClN2O5S/c1-3-44-35(42)31-32(24-9-5-4-6-10-24)39-36-40(33(31)25-13-15-27(43-2)16-14-25)34(41)30(46-36)20-22-12-17-29(28(37)19-22)45-21-23-8-7-11-26(38)18-23/h4-20,33H,3,21H2,1-2H3/b30-20-/t33-/m1/s1. The number of nitrogens with zero attached hydrogens (tertiary/aromatic N) is 2. The molecule has 0 bridgehead atoms. The van der Waals surface area contributed by atoms with E-state index in [0.717, 1.165) is 26.7 Å². The van der Waals surface area contributed by atoms with Gasteiger partial charge in [-0.3, -0.25) is 9.36 Å². The van der Waals surface area contributed by atoms with Gasteiger partial charge in [-0.25, -0.2) is 9.79 Å². The van der Waals surface area contributed by atoms with Crippen molar-refractivity contribution in [1.29, 1.82) is 0 Å². The van der Waals surface area contributed by atoms with E-state index < -0.39 is 12.0 Å². The Balaban J connectivity index is 1.45. The normalized spacial score (nSPS) is 14.4. The summed E-state index contributed by atoms with van der Waals surface area (Å²) in [7, 11) is 1.59. The molecule has 0 fully saturated rings. The SMILES string of the molecule is CCOC(=O)C1=C(c2ccccc2)N=c2s/c(=C\c3ccc(OCc4cccc(Cl)c4)c(Br)c3)c(=O)n2[C@@H]1c1ccc(OC)cc1. The lowest BCUT2D eigenvalue weighted by molar-refractivity contribution is -0.138. The number of ether oxygens (including phenoxy) is 3. The Morgan fingerprint density at radius 3 is 2.50 bits per heavy atom. The summed E-state index contributed by atoms with van der Waals surface area (Å²) in [6, 6.07) is 29.2. The minimum atomic E-state index is -0.771. The van der Waals surface area contributed by atoms with Gasteiger partial charge >= 0.3 is 5.97 Å². The molecule has 6 rings (SSSR count). The fourth-order valence-corrected chi connectivity index (χ4v) is 6.93.